The average molecular weight is 504 g/mol. The Morgan fingerprint density at radius 3 is 2.09 bits per heavy atom. The van der Waals surface area contributed by atoms with Crippen LogP contribution in [0, 0.1) is 13.8 Å². The molecule has 0 saturated carbocycles. The molecule has 0 aliphatic heterocycles. The number of rotatable bonds is 11. The molecule has 0 saturated heterocycles. The van der Waals surface area contributed by atoms with E-state index < -0.39 is 28.5 Å². The molecule has 2 amide bonds. The van der Waals surface area contributed by atoms with Gasteiger partial charge in [-0.15, -0.1) is 0 Å². The molecule has 0 spiro atoms. The highest BCUT2D eigenvalue weighted by Crippen LogP contribution is 2.27. The fourth-order valence-electron chi connectivity index (χ4n) is 3.75. The Kier molecular flexibility index (Phi) is 9.71. The summed E-state index contributed by atoms with van der Waals surface area (Å²) in [4.78, 5) is 28.0. The molecule has 2 aromatic rings. The highest BCUT2D eigenvalue weighted by atomic mass is 32.2. The Labute approximate surface area is 209 Å². The number of nitrogens with one attached hydrogen (secondary N) is 1. The summed E-state index contributed by atoms with van der Waals surface area (Å²) in [6, 6.07) is 11.8. The van der Waals surface area contributed by atoms with Gasteiger partial charge in [0.1, 0.15) is 18.3 Å². The van der Waals surface area contributed by atoms with E-state index in [1.54, 1.807) is 26.2 Å². The lowest BCUT2D eigenvalue weighted by Crippen LogP contribution is -2.52. The first-order valence-corrected chi connectivity index (χ1v) is 13.5. The third kappa shape index (κ3) is 7.45. The first-order valence-electron chi connectivity index (χ1n) is 11.7. The van der Waals surface area contributed by atoms with Crippen molar-refractivity contribution in [1.29, 1.82) is 0 Å². The van der Waals surface area contributed by atoms with Gasteiger partial charge in [0.15, 0.2) is 0 Å². The van der Waals surface area contributed by atoms with Crippen LogP contribution in [-0.2, 0) is 26.2 Å². The molecule has 9 heteroatoms. The minimum absolute atomic E-state index is 0.0509. The Bertz CT molecular complexity index is 1110. The average Bonchev–Trinajstić information content (AvgIpc) is 2.80. The van der Waals surface area contributed by atoms with Crippen molar-refractivity contribution in [3.05, 3.63) is 59.2 Å². The number of anilines is 1. The second-order valence-corrected chi connectivity index (χ2v) is 10.8. The number of aryl methyl sites for hydroxylation is 2. The van der Waals surface area contributed by atoms with Gasteiger partial charge in [0.2, 0.25) is 21.8 Å². The normalized spacial score (nSPS) is 13.0. The van der Waals surface area contributed by atoms with E-state index in [1.807, 2.05) is 58.0 Å². The van der Waals surface area contributed by atoms with Crippen molar-refractivity contribution in [2.75, 3.05) is 24.2 Å². The lowest BCUT2D eigenvalue weighted by molar-refractivity contribution is -0.139. The van der Waals surface area contributed by atoms with Crippen molar-refractivity contribution < 1.29 is 22.7 Å². The topological polar surface area (TPSA) is 96.0 Å². The lowest BCUT2D eigenvalue weighted by Gasteiger charge is -2.32. The van der Waals surface area contributed by atoms with Crippen LogP contribution in [0.1, 0.15) is 43.9 Å². The van der Waals surface area contributed by atoms with Crippen LogP contribution in [0.4, 0.5) is 5.69 Å². The molecule has 0 radical (unpaired) electrons. The van der Waals surface area contributed by atoms with Crippen molar-refractivity contribution in [2.24, 2.45) is 0 Å². The van der Waals surface area contributed by atoms with Crippen LogP contribution in [0.3, 0.4) is 0 Å². The number of amides is 2. The smallest absolute Gasteiger partial charge is 0.244 e. The number of carbonyl (C=O) groups excluding carboxylic acids is 2. The number of carbonyl (C=O) groups is 2. The van der Waals surface area contributed by atoms with Crippen LogP contribution >= 0.6 is 0 Å². The van der Waals surface area contributed by atoms with Crippen molar-refractivity contribution in [2.45, 2.75) is 59.7 Å². The van der Waals surface area contributed by atoms with Crippen molar-refractivity contribution in [1.82, 2.24) is 10.2 Å². The summed E-state index contributed by atoms with van der Waals surface area (Å²) in [5.41, 5.74) is 2.75. The Morgan fingerprint density at radius 1 is 1.03 bits per heavy atom. The Hall–Kier alpha value is -3.07. The molecule has 35 heavy (non-hydrogen) atoms. The van der Waals surface area contributed by atoms with Gasteiger partial charge >= 0.3 is 0 Å². The van der Waals surface area contributed by atoms with Crippen LogP contribution in [0.2, 0.25) is 0 Å². The fourth-order valence-corrected chi connectivity index (χ4v) is 4.72. The first kappa shape index (κ1) is 28.2. The van der Waals surface area contributed by atoms with Gasteiger partial charge in [-0.25, -0.2) is 8.42 Å². The molecule has 2 aromatic carbocycles. The van der Waals surface area contributed by atoms with E-state index in [9.17, 15) is 18.0 Å². The molecule has 0 aromatic heterocycles. The van der Waals surface area contributed by atoms with E-state index in [0.29, 0.717) is 11.4 Å². The van der Waals surface area contributed by atoms with Gasteiger partial charge in [-0.3, -0.25) is 13.9 Å². The third-order valence-corrected chi connectivity index (χ3v) is 7.16. The summed E-state index contributed by atoms with van der Waals surface area (Å²) in [5, 5.41) is 2.92. The SMILES string of the molecule is CC[C@H](C)NC(=O)[C@H](C)N(Cc1ccc(OC)cc1)C(=O)CN(c1c(C)cccc1C)S(C)(=O)=O. The van der Waals surface area contributed by atoms with Crippen molar-refractivity contribution in [3.8, 4) is 5.75 Å². The maximum absolute atomic E-state index is 13.6. The zero-order chi connectivity index (χ0) is 26.3. The van der Waals surface area contributed by atoms with Crippen molar-refractivity contribution >= 4 is 27.5 Å². The number of hydrogen-bond acceptors (Lipinski definition) is 5. The fraction of sp³-hybridized carbons (Fsp3) is 0.462. The van der Waals surface area contributed by atoms with Crippen LogP contribution in [-0.4, -0.2) is 57.1 Å². The minimum Gasteiger partial charge on any atom is -0.497 e. The summed E-state index contributed by atoms with van der Waals surface area (Å²) in [6.45, 7) is 8.86. The summed E-state index contributed by atoms with van der Waals surface area (Å²) in [7, 11) is -2.20. The summed E-state index contributed by atoms with van der Waals surface area (Å²) < 4.78 is 31.9. The van der Waals surface area contributed by atoms with Crippen LogP contribution < -0.4 is 14.4 Å². The monoisotopic (exact) mass is 503 g/mol. The third-order valence-electron chi connectivity index (χ3n) is 6.05. The highest BCUT2D eigenvalue weighted by Gasteiger charge is 2.31. The van der Waals surface area contributed by atoms with Crippen LogP contribution in [0.5, 0.6) is 5.75 Å². The Morgan fingerprint density at radius 2 is 1.60 bits per heavy atom. The number of benzene rings is 2. The van der Waals surface area contributed by atoms with Gasteiger partial charge in [0, 0.05) is 12.6 Å². The molecule has 8 nitrogen and oxygen atoms in total. The number of nitrogens with zero attached hydrogens (tertiary/aromatic N) is 2. The second kappa shape index (κ2) is 12.1. The van der Waals surface area contributed by atoms with E-state index in [-0.39, 0.29) is 18.5 Å². The Balaban J connectivity index is 2.43. The molecule has 0 bridgehead atoms. The van der Waals surface area contributed by atoms with Gasteiger partial charge in [-0.2, -0.15) is 0 Å². The number of hydrogen-bond donors (Lipinski definition) is 1. The minimum atomic E-state index is -3.77. The molecule has 2 rings (SSSR count). The number of sulfonamides is 1. The van der Waals surface area contributed by atoms with Gasteiger partial charge in [-0.1, -0.05) is 37.3 Å². The van der Waals surface area contributed by atoms with E-state index >= 15 is 0 Å². The van der Waals surface area contributed by atoms with Crippen molar-refractivity contribution in [3.63, 3.8) is 0 Å². The molecular formula is C26H37N3O5S. The summed E-state index contributed by atoms with van der Waals surface area (Å²) in [5.74, 6) is -0.0904. The molecule has 0 aliphatic carbocycles. The predicted molar refractivity (Wildman–Crippen MR) is 139 cm³/mol. The van der Waals surface area contributed by atoms with E-state index in [4.69, 9.17) is 4.74 Å². The predicted octanol–water partition coefficient (Wildman–Crippen LogP) is 3.41. The van der Waals surface area contributed by atoms with E-state index in [2.05, 4.69) is 5.32 Å². The number of ether oxygens (including phenoxy) is 1. The molecular weight excluding hydrogens is 466 g/mol. The molecule has 0 fully saturated rings. The molecule has 192 valence electrons. The first-order chi connectivity index (χ1) is 16.4. The molecule has 0 heterocycles. The maximum Gasteiger partial charge on any atom is 0.244 e. The van der Waals surface area contributed by atoms with Gasteiger partial charge in [0.05, 0.1) is 19.1 Å². The van der Waals surface area contributed by atoms with E-state index in [0.717, 1.165) is 33.7 Å². The molecule has 0 aliphatic rings. The lowest BCUT2D eigenvalue weighted by atomic mass is 10.1. The second-order valence-electron chi connectivity index (χ2n) is 8.87. The molecule has 1 N–H and O–H groups in total. The van der Waals surface area contributed by atoms with Gasteiger partial charge in [0.25, 0.3) is 0 Å². The zero-order valence-electron chi connectivity index (χ0n) is 21.7. The van der Waals surface area contributed by atoms with Gasteiger partial charge in [-0.05, 0) is 62.9 Å². The number of para-hydroxylation sites is 1. The largest absolute Gasteiger partial charge is 0.497 e. The van der Waals surface area contributed by atoms with E-state index in [1.165, 1.54) is 4.90 Å². The molecule has 0 unspecified atom stereocenters. The number of methoxy groups -OCH3 is 1. The standard InChI is InChI=1S/C26H37N3O5S/c1-8-20(4)27-26(31)21(5)28(16-22-12-14-23(34-6)15-13-22)24(30)17-29(35(7,32)33)25-18(2)10-9-11-19(25)3/h9-15,20-21H,8,16-17H2,1-7H3,(H,27,31)/t20-,21-/m0/s1. The summed E-state index contributed by atoms with van der Waals surface area (Å²) in [6.07, 6.45) is 1.83. The van der Waals surface area contributed by atoms with Gasteiger partial charge < -0.3 is 15.0 Å². The maximum atomic E-state index is 13.6. The summed E-state index contributed by atoms with van der Waals surface area (Å²) >= 11 is 0. The van der Waals surface area contributed by atoms with Crippen LogP contribution in [0.15, 0.2) is 42.5 Å². The van der Waals surface area contributed by atoms with Crippen LogP contribution in [0.25, 0.3) is 0 Å². The molecule has 2 atom stereocenters. The zero-order valence-corrected chi connectivity index (χ0v) is 22.5. The quantitative estimate of drug-likeness (QED) is 0.507. The highest BCUT2D eigenvalue weighted by molar-refractivity contribution is 7.92.